The second kappa shape index (κ2) is 7.99. The van der Waals surface area contributed by atoms with Crippen LogP contribution in [-0.2, 0) is 4.79 Å². The number of hydrogen-bond acceptors (Lipinski definition) is 3. The zero-order valence-electron chi connectivity index (χ0n) is 13.2. The monoisotopic (exact) mass is 281 g/mol. The van der Waals surface area contributed by atoms with Gasteiger partial charge >= 0.3 is 0 Å². The Labute approximate surface area is 123 Å². The first-order chi connectivity index (χ1) is 9.72. The van der Waals surface area contributed by atoms with E-state index in [1.807, 2.05) is 0 Å². The van der Waals surface area contributed by atoms with Gasteiger partial charge < -0.3 is 10.2 Å². The fourth-order valence-electron chi connectivity index (χ4n) is 3.43. The van der Waals surface area contributed by atoms with Crippen molar-refractivity contribution >= 4 is 5.91 Å². The van der Waals surface area contributed by atoms with Crippen LogP contribution in [0.5, 0.6) is 0 Å². The summed E-state index contributed by atoms with van der Waals surface area (Å²) in [5, 5.41) is 3.44. The molecule has 0 bridgehead atoms. The molecule has 0 aliphatic carbocycles. The van der Waals surface area contributed by atoms with Gasteiger partial charge in [0.05, 0.1) is 6.04 Å². The molecule has 2 rings (SSSR count). The lowest BCUT2D eigenvalue weighted by Gasteiger charge is -2.38. The summed E-state index contributed by atoms with van der Waals surface area (Å²) < 4.78 is 0. The standard InChI is InChI=1S/C16H31N3O/c1-3-17-13-15-7-11-18(12-8-15)14(2)16(20)19-9-5-4-6-10-19/h14-15,17H,3-13H2,1-2H3. The highest BCUT2D eigenvalue weighted by molar-refractivity contribution is 5.81. The van der Waals surface area contributed by atoms with Crippen LogP contribution in [0.25, 0.3) is 0 Å². The van der Waals surface area contributed by atoms with Gasteiger partial charge in [0.15, 0.2) is 0 Å². The molecule has 0 spiro atoms. The Kier molecular flexibility index (Phi) is 6.30. The van der Waals surface area contributed by atoms with E-state index in [4.69, 9.17) is 0 Å². The van der Waals surface area contributed by atoms with Crippen molar-refractivity contribution in [2.75, 3.05) is 39.3 Å². The van der Waals surface area contributed by atoms with Gasteiger partial charge in [-0.3, -0.25) is 9.69 Å². The van der Waals surface area contributed by atoms with Gasteiger partial charge in [0, 0.05) is 13.1 Å². The van der Waals surface area contributed by atoms with E-state index >= 15 is 0 Å². The lowest BCUT2D eigenvalue weighted by Crippen LogP contribution is -2.51. The van der Waals surface area contributed by atoms with Crippen LogP contribution in [0.2, 0.25) is 0 Å². The molecule has 0 aromatic rings. The molecule has 2 fully saturated rings. The molecule has 2 heterocycles. The number of likely N-dealkylation sites (tertiary alicyclic amines) is 2. The molecule has 0 aromatic heterocycles. The van der Waals surface area contributed by atoms with Crippen LogP contribution in [0.15, 0.2) is 0 Å². The number of nitrogens with zero attached hydrogens (tertiary/aromatic N) is 2. The maximum absolute atomic E-state index is 12.5. The van der Waals surface area contributed by atoms with E-state index in [1.54, 1.807) is 0 Å². The van der Waals surface area contributed by atoms with Gasteiger partial charge in [0.25, 0.3) is 0 Å². The quantitative estimate of drug-likeness (QED) is 0.833. The zero-order valence-corrected chi connectivity index (χ0v) is 13.2. The second-order valence-corrected chi connectivity index (χ2v) is 6.35. The van der Waals surface area contributed by atoms with Crippen molar-refractivity contribution in [2.45, 2.75) is 52.0 Å². The number of piperidine rings is 2. The lowest BCUT2D eigenvalue weighted by atomic mass is 9.95. The number of carbonyl (C=O) groups excluding carboxylic acids is 1. The third kappa shape index (κ3) is 4.19. The van der Waals surface area contributed by atoms with Crippen molar-refractivity contribution < 1.29 is 4.79 Å². The Hall–Kier alpha value is -0.610. The van der Waals surface area contributed by atoms with Crippen molar-refractivity contribution in [1.29, 1.82) is 0 Å². The summed E-state index contributed by atoms with van der Waals surface area (Å²) in [6, 6.07) is 0.0770. The fourth-order valence-corrected chi connectivity index (χ4v) is 3.43. The third-order valence-electron chi connectivity index (χ3n) is 4.90. The van der Waals surface area contributed by atoms with E-state index < -0.39 is 0 Å². The Morgan fingerprint density at radius 1 is 1.15 bits per heavy atom. The second-order valence-electron chi connectivity index (χ2n) is 6.35. The molecule has 116 valence electrons. The zero-order chi connectivity index (χ0) is 14.4. The van der Waals surface area contributed by atoms with E-state index in [-0.39, 0.29) is 6.04 Å². The van der Waals surface area contributed by atoms with Crippen molar-refractivity contribution in [3.8, 4) is 0 Å². The molecule has 1 N–H and O–H groups in total. The van der Waals surface area contributed by atoms with Gasteiger partial charge in [0.2, 0.25) is 5.91 Å². The normalized spacial score (nSPS) is 23.8. The molecule has 4 nitrogen and oxygen atoms in total. The van der Waals surface area contributed by atoms with Gasteiger partial charge in [-0.25, -0.2) is 0 Å². The minimum Gasteiger partial charge on any atom is -0.341 e. The molecule has 20 heavy (non-hydrogen) atoms. The highest BCUT2D eigenvalue weighted by Crippen LogP contribution is 2.20. The first kappa shape index (κ1) is 15.8. The van der Waals surface area contributed by atoms with E-state index in [1.165, 1.54) is 32.1 Å². The maximum atomic E-state index is 12.5. The van der Waals surface area contributed by atoms with Crippen molar-refractivity contribution in [3.63, 3.8) is 0 Å². The first-order valence-electron chi connectivity index (χ1n) is 8.46. The van der Waals surface area contributed by atoms with Gasteiger partial charge in [-0.2, -0.15) is 0 Å². The van der Waals surface area contributed by atoms with E-state index in [9.17, 15) is 4.79 Å². The number of carbonyl (C=O) groups is 1. The third-order valence-corrected chi connectivity index (χ3v) is 4.90. The summed E-state index contributed by atoms with van der Waals surface area (Å²) in [6.07, 6.45) is 6.11. The largest absolute Gasteiger partial charge is 0.341 e. The van der Waals surface area contributed by atoms with E-state index in [0.717, 1.165) is 45.2 Å². The van der Waals surface area contributed by atoms with Crippen molar-refractivity contribution in [2.24, 2.45) is 5.92 Å². The summed E-state index contributed by atoms with van der Waals surface area (Å²) >= 11 is 0. The SMILES string of the molecule is CCNCC1CCN(C(C)C(=O)N2CCCCC2)CC1. The highest BCUT2D eigenvalue weighted by Gasteiger charge is 2.29. The number of hydrogen-bond donors (Lipinski definition) is 1. The molecule has 0 aromatic carbocycles. The summed E-state index contributed by atoms with van der Waals surface area (Å²) in [5.74, 6) is 1.15. The summed E-state index contributed by atoms with van der Waals surface area (Å²) in [7, 11) is 0. The molecule has 2 saturated heterocycles. The Morgan fingerprint density at radius 3 is 2.40 bits per heavy atom. The topological polar surface area (TPSA) is 35.6 Å². The molecule has 2 aliphatic heterocycles. The average molecular weight is 281 g/mol. The Morgan fingerprint density at radius 2 is 1.80 bits per heavy atom. The first-order valence-corrected chi connectivity index (χ1v) is 8.46. The van der Waals surface area contributed by atoms with Crippen LogP contribution in [-0.4, -0.2) is 61.0 Å². The van der Waals surface area contributed by atoms with Crippen LogP contribution in [0.1, 0.15) is 46.0 Å². The van der Waals surface area contributed by atoms with E-state index in [2.05, 4.69) is 29.0 Å². The van der Waals surface area contributed by atoms with Crippen LogP contribution < -0.4 is 5.32 Å². The van der Waals surface area contributed by atoms with Crippen molar-refractivity contribution in [3.05, 3.63) is 0 Å². The molecule has 1 atom stereocenters. The predicted octanol–water partition coefficient (Wildman–Crippen LogP) is 1.71. The predicted molar refractivity (Wildman–Crippen MR) is 82.7 cm³/mol. The molecular weight excluding hydrogens is 250 g/mol. The maximum Gasteiger partial charge on any atom is 0.239 e. The molecule has 0 saturated carbocycles. The minimum atomic E-state index is 0.0770. The molecule has 1 amide bonds. The molecular formula is C16H31N3O. The molecule has 2 aliphatic rings. The van der Waals surface area contributed by atoms with Crippen molar-refractivity contribution in [1.82, 2.24) is 15.1 Å². The molecule has 0 radical (unpaired) electrons. The Balaban J connectivity index is 1.75. The number of amides is 1. The van der Waals surface area contributed by atoms with Gasteiger partial charge in [-0.15, -0.1) is 0 Å². The van der Waals surface area contributed by atoms with Gasteiger partial charge in [0.1, 0.15) is 0 Å². The van der Waals surface area contributed by atoms with Crippen LogP contribution in [0.3, 0.4) is 0 Å². The van der Waals surface area contributed by atoms with E-state index in [0.29, 0.717) is 5.91 Å². The molecule has 4 heteroatoms. The average Bonchev–Trinajstić information content (AvgIpc) is 2.53. The Bertz CT molecular complexity index is 294. The van der Waals surface area contributed by atoms with Crippen LogP contribution in [0.4, 0.5) is 0 Å². The summed E-state index contributed by atoms with van der Waals surface area (Å²) in [6.45, 7) is 10.6. The lowest BCUT2D eigenvalue weighted by molar-refractivity contribution is -0.137. The highest BCUT2D eigenvalue weighted by atomic mass is 16.2. The van der Waals surface area contributed by atoms with Crippen LogP contribution in [0, 0.1) is 5.92 Å². The number of nitrogens with one attached hydrogen (secondary N) is 1. The smallest absolute Gasteiger partial charge is 0.239 e. The fraction of sp³-hybridized carbons (Fsp3) is 0.938. The summed E-state index contributed by atoms with van der Waals surface area (Å²) in [4.78, 5) is 17.0. The number of rotatable bonds is 5. The summed E-state index contributed by atoms with van der Waals surface area (Å²) in [5.41, 5.74) is 0. The molecule has 1 unspecified atom stereocenters. The van der Waals surface area contributed by atoms with Crippen LogP contribution >= 0.6 is 0 Å². The van der Waals surface area contributed by atoms with Gasteiger partial charge in [-0.05, 0) is 71.1 Å². The van der Waals surface area contributed by atoms with Gasteiger partial charge in [-0.1, -0.05) is 6.92 Å². The minimum absolute atomic E-state index is 0.0770.